The number of Topliss-reactive ketones (excluding diaryl/α,β-unsaturated/α-hetero) is 1. The molecule has 2 aromatic carbocycles. The number of hydrogen-bond donors (Lipinski definition) is 1. The molecule has 4 aromatic rings. The Morgan fingerprint density at radius 3 is 2.45 bits per heavy atom. The normalized spacial score (nSPS) is 15.4. The number of carbonyl (C=O) groups excluding carboxylic acids is 2. The fourth-order valence-corrected chi connectivity index (χ4v) is 4.62. The number of carbonyl (C=O) groups is 2. The molecule has 0 aliphatic carbocycles. The first-order valence-corrected chi connectivity index (χ1v) is 12.2. The Morgan fingerprint density at radius 2 is 1.77 bits per heavy atom. The van der Waals surface area contributed by atoms with Gasteiger partial charge in [0.15, 0.2) is 17.3 Å². The zero-order valence-electron chi connectivity index (χ0n) is 20.9. The first-order valence-electron chi connectivity index (χ1n) is 12.2. The van der Waals surface area contributed by atoms with Crippen LogP contribution in [0.15, 0.2) is 30.6 Å². The van der Waals surface area contributed by atoms with Gasteiger partial charge >= 0.3 is 0 Å². The summed E-state index contributed by atoms with van der Waals surface area (Å²) in [5.74, 6) is -10.8. The van der Waals surface area contributed by atoms with E-state index in [0.717, 1.165) is 12.1 Å². The molecular formula is C26H21F5N6O3. The Balaban J connectivity index is 1.52. The quantitative estimate of drug-likeness (QED) is 0.206. The van der Waals surface area contributed by atoms with Crippen LogP contribution in [0.25, 0.3) is 22.3 Å². The standard InChI is InChI=1S/C26H21F5N6O3/c1-2-18(38)26(39)36-7-3-4-12(10-36)37-25-19(24(32)33-11-34-25)22(35-37)14-6-5-13(8-15(14)27)40-23-20(30)16(28)9-17(29)21(23)31/h5-6,8-9,11-12H,2-4,7,10H2,1H3,(H2,32,33,34). The third-order valence-electron chi connectivity index (χ3n) is 6.59. The van der Waals surface area contributed by atoms with Crippen LogP contribution < -0.4 is 10.5 Å². The molecule has 1 unspecified atom stereocenters. The van der Waals surface area contributed by atoms with Gasteiger partial charge in [-0.3, -0.25) is 9.59 Å². The van der Waals surface area contributed by atoms with Gasteiger partial charge < -0.3 is 15.4 Å². The van der Waals surface area contributed by atoms with Gasteiger partial charge in [-0.05, 0) is 25.0 Å². The number of fused-ring (bicyclic) bond motifs is 1. The highest BCUT2D eigenvalue weighted by molar-refractivity contribution is 6.35. The molecule has 0 bridgehead atoms. The number of ketones is 1. The Bertz CT molecular complexity index is 1630. The van der Waals surface area contributed by atoms with E-state index in [1.54, 1.807) is 6.92 Å². The molecule has 40 heavy (non-hydrogen) atoms. The van der Waals surface area contributed by atoms with Gasteiger partial charge in [-0.15, -0.1) is 0 Å². The number of nitrogen functional groups attached to an aromatic ring is 1. The van der Waals surface area contributed by atoms with Crippen LogP contribution in [-0.2, 0) is 9.59 Å². The number of nitrogens with zero attached hydrogens (tertiary/aromatic N) is 5. The van der Waals surface area contributed by atoms with E-state index in [0.29, 0.717) is 19.4 Å². The summed E-state index contributed by atoms with van der Waals surface area (Å²) >= 11 is 0. The third kappa shape index (κ3) is 4.69. The van der Waals surface area contributed by atoms with Crippen molar-refractivity contribution in [1.82, 2.24) is 24.6 Å². The maximum atomic E-state index is 15.4. The predicted molar refractivity (Wildman–Crippen MR) is 132 cm³/mol. The van der Waals surface area contributed by atoms with Crippen LogP contribution in [0.5, 0.6) is 11.5 Å². The number of ether oxygens (including phenoxy) is 1. The number of benzene rings is 2. The number of amides is 1. The molecule has 3 heterocycles. The van der Waals surface area contributed by atoms with Gasteiger partial charge in [-0.2, -0.15) is 13.9 Å². The van der Waals surface area contributed by atoms with E-state index < -0.39 is 58.3 Å². The van der Waals surface area contributed by atoms with E-state index in [1.165, 1.54) is 22.0 Å². The highest BCUT2D eigenvalue weighted by Crippen LogP contribution is 2.37. The molecule has 1 aliphatic rings. The number of likely N-dealkylation sites (tertiary alicyclic amines) is 1. The van der Waals surface area contributed by atoms with Gasteiger partial charge in [0.05, 0.1) is 11.4 Å². The molecule has 1 amide bonds. The summed E-state index contributed by atoms with van der Waals surface area (Å²) in [6.45, 7) is 2.17. The minimum absolute atomic E-state index is 0.00439. The minimum Gasteiger partial charge on any atom is -0.451 e. The molecule has 2 aromatic heterocycles. The van der Waals surface area contributed by atoms with Crippen LogP contribution in [-0.4, -0.2) is 49.4 Å². The van der Waals surface area contributed by atoms with Crippen LogP contribution in [0.1, 0.15) is 32.2 Å². The Kier molecular flexibility index (Phi) is 7.08. The highest BCUT2D eigenvalue weighted by atomic mass is 19.2. The fraction of sp³-hybridized carbons (Fsp3) is 0.269. The molecule has 1 aliphatic heterocycles. The average molecular weight is 560 g/mol. The molecule has 9 nitrogen and oxygen atoms in total. The summed E-state index contributed by atoms with van der Waals surface area (Å²) in [5, 5.41) is 4.76. The number of anilines is 1. The van der Waals surface area contributed by atoms with Gasteiger partial charge in [0.25, 0.3) is 5.91 Å². The number of aromatic nitrogens is 4. The lowest BCUT2D eigenvalue weighted by Crippen LogP contribution is -2.44. The first-order chi connectivity index (χ1) is 19.1. The second-order valence-corrected chi connectivity index (χ2v) is 9.12. The average Bonchev–Trinajstić information content (AvgIpc) is 3.34. The van der Waals surface area contributed by atoms with Gasteiger partial charge in [0, 0.05) is 37.2 Å². The van der Waals surface area contributed by atoms with E-state index in [9.17, 15) is 27.2 Å². The van der Waals surface area contributed by atoms with Crippen LogP contribution in [0.4, 0.5) is 27.8 Å². The maximum absolute atomic E-state index is 15.4. The van der Waals surface area contributed by atoms with Gasteiger partial charge in [-0.25, -0.2) is 27.8 Å². The summed E-state index contributed by atoms with van der Waals surface area (Å²) in [7, 11) is 0. The monoisotopic (exact) mass is 560 g/mol. The van der Waals surface area contributed by atoms with Gasteiger partial charge in [-0.1, -0.05) is 6.92 Å². The number of halogens is 5. The molecule has 5 rings (SSSR count). The van der Waals surface area contributed by atoms with E-state index in [4.69, 9.17) is 10.5 Å². The topological polar surface area (TPSA) is 116 Å². The van der Waals surface area contributed by atoms with E-state index in [-0.39, 0.29) is 47.1 Å². The summed E-state index contributed by atoms with van der Waals surface area (Å²) < 4.78 is 77.0. The smallest absolute Gasteiger partial charge is 0.289 e. The van der Waals surface area contributed by atoms with Gasteiger partial charge in [0.1, 0.15) is 29.4 Å². The molecule has 14 heteroatoms. The summed E-state index contributed by atoms with van der Waals surface area (Å²) in [5.41, 5.74) is 6.30. The first kappa shape index (κ1) is 27.0. The van der Waals surface area contributed by atoms with Crippen molar-refractivity contribution < 1.29 is 36.3 Å². The number of hydrogen-bond acceptors (Lipinski definition) is 7. The maximum Gasteiger partial charge on any atom is 0.289 e. The van der Waals surface area contributed by atoms with Crippen molar-refractivity contribution in [3.63, 3.8) is 0 Å². The zero-order chi connectivity index (χ0) is 28.7. The van der Waals surface area contributed by atoms with E-state index in [1.807, 2.05) is 0 Å². The second kappa shape index (κ2) is 10.5. The Morgan fingerprint density at radius 1 is 1.05 bits per heavy atom. The lowest BCUT2D eigenvalue weighted by atomic mass is 10.0. The number of rotatable bonds is 6. The van der Waals surface area contributed by atoms with Crippen molar-refractivity contribution in [2.45, 2.75) is 32.2 Å². The Hall–Kier alpha value is -4.62. The molecule has 2 N–H and O–H groups in total. The fourth-order valence-electron chi connectivity index (χ4n) is 4.62. The van der Waals surface area contributed by atoms with Crippen LogP contribution in [0.3, 0.4) is 0 Å². The van der Waals surface area contributed by atoms with Crippen molar-refractivity contribution >= 4 is 28.5 Å². The van der Waals surface area contributed by atoms with Crippen molar-refractivity contribution in [3.05, 3.63) is 59.7 Å². The number of piperidine rings is 1. The van der Waals surface area contributed by atoms with Crippen LogP contribution >= 0.6 is 0 Å². The third-order valence-corrected chi connectivity index (χ3v) is 6.59. The van der Waals surface area contributed by atoms with Crippen LogP contribution in [0.2, 0.25) is 0 Å². The van der Waals surface area contributed by atoms with Crippen molar-refractivity contribution in [2.75, 3.05) is 18.8 Å². The lowest BCUT2D eigenvalue weighted by Gasteiger charge is -2.32. The molecular weight excluding hydrogens is 539 g/mol. The number of nitrogens with two attached hydrogens (primary N) is 1. The summed E-state index contributed by atoms with van der Waals surface area (Å²) in [4.78, 5) is 34.1. The van der Waals surface area contributed by atoms with E-state index >= 15 is 4.39 Å². The lowest BCUT2D eigenvalue weighted by molar-refractivity contribution is -0.145. The zero-order valence-corrected chi connectivity index (χ0v) is 20.9. The second-order valence-electron chi connectivity index (χ2n) is 9.12. The van der Waals surface area contributed by atoms with Crippen molar-refractivity contribution in [3.8, 4) is 22.8 Å². The molecule has 1 fully saturated rings. The minimum atomic E-state index is -1.78. The summed E-state index contributed by atoms with van der Waals surface area (Å²) in [6, 6.07) is 2.69. The predicted octanol–water partition coefficient (Wildman–Crippen LogP) is 4.71. The van der Waals surface area contributed by atoms with E-state index in [2.05, 4.69) is 15.1 Å². The molecule has 1 atom stereocenters. The molecule has 0 saturated carbocycles. The molecule has 0 spiro atoms. The van der Waals surface area contributed by atoms with Gasteiger partial charge in [0.2, 0.25) is 23.2 Å². The summed E-state index contributed by atoms with van der Waals surface area (Å²) in [6.07, 6.45) is 2.45. The Labute approximate surface area is 223 Å². The molecule has 0 radical (unpaired) electrons. The van der Waals surface area contributed by atoms with Crippen molar-refractivity contribution in [1.29, 1.82) is 0 Å². The molecule has 208 valence electrons. The largest absolute Gasteiger partial charge is 0.451 e. The van der Waals surface area contributed by atoms with Crippen molar-refractivity contribution in [2.24, 2.45) is 0 Å². The SMILES string of the molecule is CCC(=O)C(=O)N1CCCC(n2nc(-c3ccc(Oc4c(F)c(F)cc(F)c4F)cc3F)c3c(N)ncnc32)C1. The molecule has 1 saturated heterocycles. The highest BCUT2D eigenvalue weighted by Gasteiger charge is 2.31. The van der Waals surface area contributed by atoms with Crippen LogP contribution in [0, 0.1) is 29.1 Å².